The van der Waals surface area contributed by atoms with Gasteiger partial charge in [-0.1, -0.05) is 27.7 Å². The number of carbonyl (C=O) groups excluding carboxylic acids is 1. The van der Waals surface area contributed by atoms with Gasteiger partial charge in [-0.05, 0) is 12.3 Å². The summed E-state index contributed by atoms with van der Waals surface area (Å²) < 4.78 is 0. The lowest BCUT2D eigenvalue weighted by Gasteiger charge is -2.34. The number of carboxylic acid groups (broad SMARTS) is 1. The van der Waals surface area contributed by atoms with E-state index >= 15 is 0 Å². The van der Waals surface area contributed by atoms with Gasteiger partial charge in [-0.2, -0.15) is 0 Å². The zero-order valence-electron chi connectivity index (χ0n) is 12.9. The number of carboxylic acids is 1. The maximum Gasteiger partial charge on any atom is 0.306 e. The lowest BCUT2D eigenvalue weighted by atomic mass is 9.87. The Labute approximate surface area is 129 Å². The number of aliphatic carboxylic acids is 1. The van der Waals surface area contributed by atoms with E-state index in [2.05, 4.69) is 25.8 Å². The van der Waals surface area contributed by atoms with Gasteiger partial charge in [0, 0.05) is 23.9 Å². The van der Waals surface area contributed by atoms with Crippen molar-refractivity contribution >= 4 is 23.2 Å². The maximum absolute atomic E-state index is 12.5. The third-order valence-corrected chi connectivity index (χ3v) is 5.14. The molecule has 21 heavy (non-hydrogen) atoms. The molecule has 0 aromatic carbocycles. The number of rotatable bonds is 2. The molecule has 0 aliphatic carbocycles. The van der Waals surface area contributed by atoms with E-state index in [1.807, 2.05) is 6.92 Å². The van der Waals surface area contributed by atoms with Crippen molar-refractivity contribution in [1.29, 1.82) is 0 Å². The molecule has 6 heteroatoms. The standard InChI is InChI=1S/C15H22N2O3S/c1-9-7-17(6-5-10(9)13(19)20)12(18)11-8-21-14(16-11)15(2,3)4/h8-10H,5-7H2,1-4H3,(H,19,20). The van der Waals surface area contributed by atoms with Crippen LogP contribution in [0.1, 0.15) is 49.6 Å². The van der Waals surface area contributed by atoms with Crippen molar-refractivity contribution < 1.29 is 14.7 Å². The molecular formula is C15H22N2O3S. The number of likely N-dealkylation sites (tertiary alicyclic amines) is 1. The summed E-state index contributed by atoms with van der Waals surface area (Å²) in [5.74, 6) is -1.23. The summed E-state index contributed by atoms with van der Waals surface area (Å²) in [4.78, 5) is 29.8. The molecule has 1 saturated heterocycles. The average Bonchev–Trinajstić information content (AvgIpc) is 2.86. The van der Waals surface area contributed by atoms with Gasteiger partial charge in [0.2, 0.25) is 0 Å². The van der Waals surface area contributed by atoms with Gasteiger partial charge in [0.1, 0.15) is 5.69 Å². The second-order valence-electron chi connectivity index (χ2n) is 6.75. The molecule has 1 amide bonds. The van der Waals surface area contributed by atoms with Crippen molar-refractivity contribution in [3.05, 3.63) is 16.1 Å². The largest absolute Gasteiger partial charge is 0.481 e. The molecule has 0 bridgehead atoms. The van der Waals surface area contributed by atoms with Crippen LogP contribution in [0.4, 0.5) is 0 Å². The van der Waals surface area contributed by atoms with Gasteiger partial charge in [-0.25, -0.2) is 4.98 Å². The van der Waals surface area contributed by atoms with Crippen LogP contribution in [0.15, 0.2) is 5.38 Å². The second kappa shape index (κ2) is 5.75. The predicted octanol–water partition coefficient (Wildman–Crippen LogP) is 2.62. The summed E-state index contributed by atoms with van der Waals surface area (Å²) in [5, 5.41) is 11.9. The monoisotopic (exact) mass is 310 g/mol. The fourth-order valence-electron chi connectivity index (χ4n) is 2.58. The van der Waals surface area contributed by atoms with E-state index in [4.69, 9.17) is 5.11 Å². The summed E-state index contributed by atoms with van der Waals surface area (Å²) in [7, 11) is 0. The maximum atomic E-state index is 12.5. The molecule has 5 nitrogen and oxygen atoms in total. The van der Waals surface area contributed by atoms with Gasteiger partial charge in [0.25, 0.3) is 5.91 Å². The molecule has 0 saturated carbocycles. The van der Waals surface area contributed by atoms with Crippen LogP contribution < -0.4 is 0 Å². The van der Waals surface area contributed by atoms with E-state index in [9.17, 15) is 9.59 Å². The first kappa shape index (κ1) is 15.9. The Hall–Kier alpha value is -1.43. The van der Waals surface area contributed by atoms with Crippen LogP contribution in [0.5, 0.6) is 0 Å². The molecule has 116 valence electrons. The fourth-order valence-corrected chi connectivity index (χ4v) is 3.46. The number of hydrogen-bond acceptors (Lipinski definition) is 4. The van der Waals surface area contributed by atoms with E-state index in [1.165, 1.54) is 11.3 Å². The summed E-state index contributed by atoms with van der Waals surface area (Å²) >= 11 is 1.50. The van der Waals surface area contributed by atoms with E-state index in [-0.39, 0.29) is 23.2 Å². The van der Waals surface area contributed by atoms with Crippen molar-refractivity contribution in [2.24, 2.45) is 11.8 Å². The van der Waals surface area contributed by atoms with Crippen LogP contribution in [0.25, 0.3) is 0 Å². The van der Waals surface area contributed by atoms with E-state index in [1.54, 1.807) is 10.3 Å². The lowest BCUT2D eigenvalue weighted by molar-refractivity contribution is -0.145. The molecular weight excluding hydrogens is 288 g/mol. The predicted molar refractivity (Wildman–Crippen MR) is 81.6 cm³/mol. The van der Waals surface area contributed by atoms with Crippen LogP contribution in [0.2, 0.25) is 0 Å². The molecule has 0 radical (unpaired) electrons. The highest BCUT2D eigenvalue weighted by molar-refractivity contribution is 7.10. The molecule has 1 aliphatic heterocycles. The minimum absolute atomic E-state index is 0.0269. The van der Waals surface area contributed by atoms with Crippen LogP contribution in [-0.2, 0) is 10.2 Å². The number of nitrogens with zero attached hydrogens (tertiary/aromatic N) is 2. The van der Waals surface area contributed by atoms with Crippen LogP contribution >= 0.6 is 11.3 Å². The highest BCUT2D eigenvalue weighted by Crippen LogP contribution is 2.28. The molecule has 2 heterocycles. The van der Waals surface area contributed by atoms with Crippen molar-refractivity contribution in [3.63, 3.8) is 0 Å². The second-order valence-corrected chi connectivity index (χ2v) is 7.61. The van der Waals surface area contributed by atoms with Gasteiger partial charge in [-0.3, -0.25) is 9.59 Å². The number of hydrogen-bond donors (Lipinski definition) is 1. The molecule has 1 aromatic heterocycles. The first-order chi connectivity index (χ1) is 9.70. The number of amides is 1. The topological polar surface area (TPSA) is 70.5 Å². The van der Waals surface area contributed by atoms with Crippen molar-refractivity contribution in [1.82, 2.24) is 9.88 Å². The Kier molecular flexibility index (Phi) is 4.37. The molecule has 0 spiro atoms. The van der Waals surface area contributed by atoms with Crippen molar-refractivity contribution in [2.75, 3.05) is 13.1 Å². The van der Waals surface area contributed by atoms with Gasteiger partial charge in [0.05, 0.1) is 10.9 Å². The lowest BCUT2D eigenvalue weighted by Crippen LogP contribution is -2.45. The van der Waals surface area contributed by atoms with Crippen LogP contribution in [0.3, 0.4) is 0 Å². The summed E-state index contributed by atoms with van der Waals surface area (Å²) in [5.41, 5.74) is 0.415. The molecule has 2 rings (SSSR count). The Morgan fingerprint density at radius 2 is 2.10 bits per heavy atom. The highest BCUT2D eigenvalue weighted by Gasteiger charge is 2.34. The summed E-state index contributed by atoms with van der Waals surface area (Å²) in [6, 6.07) is 0. The SMILES string of the molecule is CC1CN(C(=O)c2csc(C(C)(C)C)n2)CCC1C(=O)O. The normalized spacial score (nSPS) is 23.1. The minimum atomic E-state index is -0.765. The molecule has 1 fully saturated rings. The first-order valence-electron chi connectivity index (χ1n) is 7.18. The van der Waals surface area contributed by atoms with E-state index in [0.717, 1.165) is 5.01 Å². The number of piperidine rings is 1. The zero-order chi connectivity index (χ0) is 15.8. The van der Waals surface area contributed by atoms with Gasteiger partial charge in [-0.15, -0.1) is 11.3 Å². The molecule has 1 aliphatic rings. The highest BCUT2D eigenvalue weighted by atomic mass is 32.1. The van der Waals surface area contributed by atoms with Gasteiger partial charge >= 0.3 is 5.97 Å². The van der Waals surface area contributed by atoms with E-state index in [0.29, 0.717) is 25.2 Å². The average molecular weight is 310 g/mol. The van der Waals surface area contributed by atoms with Gasteiger partial charge < -0.3 is 10.0 Å². The Balaban J connectivity index is 2.08. The zero-order valence-corrected chi connectivity index (χ0v) is 13.7. The molecule has 1 N–H and O–H groups in total. The Bertz CT molecular complexity index is 547. The quantitative estimate of drug-likeness (QED) is 0.911. The minimum Gasteiger partial charge on any atom is -0.481 e. The molecule has 2 unspecified atom stereocenters. The summed E-state index contributed by atoms with van der Waals surface area (Å²) in [6.45, 7) is 9.07. The van der Waals surface area contributed by atoms with E-state index < -0.39 is 5.97 Å². The first-order valence-corrected chi connectivity index (χ1v) is 8.06. The number of carbonyl (C=O) groups is 2. The summed E-state index contributed by atoms with van der Waals surface area (Å²) in [6.07, 6.45) is 0.512. The smallest absolute Gasteiger partial charge is 0.306 e. The van der Waals surface area contributed by atoms with Crippen molar-refractivity contribution in [2.45, 2.75) is 39.5 Å². The fraction of sp³-hybridized carbons (Fsp3) is 0.667. The Morgan fingerprint density at radius 3 is 2.57 bits per heavy atom. The third-order valence-electron chi connectivity index (χ3n) is 3.87. The third kappa shape index (κ3) is 3.43. The molecule has 1 aromatic rings. The number of thiazole rings is 1. The van der Waals surface area contributed by atoms with Crippen molar-refractivity contribution in [3.8, 4) is 0 Å². The van der Waals surface area contributed by atoms with Crippen LogP contribution in [-0.4, -0.2) is 40.0 Å². The molecule has 2 atom stereocenters. The number of aromatic nitrogens is 1. The van der Waals surface area contributed by atoms with Crippen LogP contribution in [0, 0.1) is 11.8 Å². The Morgan fingerprint density at radius 1 is 1.43 bits per heavy atom. The van der Waals surface area contributed by atoms with Gasteiger partial charge in [0.15, 0.2) is 0 Å².